The molecule has 0 radical (unpaired) electrons. The molecular weight excluding hydrogens is 400 g/mol. The molecule has 0 aliphatic carbocycles. The Morgan fingerprint density at radius 3 is 2.73 bits per heavy atom. The second-order valence-corrected chi connectivity index (χ2v) is 8.24. The number of benzene rings is 2. The number of hydrogen-bond acceptors (Lipinski definition) is 6. The summed E-state index contributed by atoms with van der Waals surface area (Å²) < 4.78 is 11.7. The maximum absolute atomic E-state index is 11.3. The summed E-state index contributed by atoms with van der Waals surface area (Å²) in [6.45, 7) is 2.97. The molecule has 1 fully saturated rings. The first-order valence-electron chi connectivity index (χ1n) is 9.88. The van der Waals surface area contributed by atoms with Gasteiger partial charge < -0.3 is 14.3 Å². The molecule has 1 aliphatic rings. The highest BCUT2D eigenvalue weighted by molar-refractivity contribution is 7.99. The van der Waals surface area contributed by atoms with Gasteiger partial charge in [-0.05, 0) is 43.2 Å². The van der Waals surface area contributed by atoms with Gasteiger partial charge in [-0.3, -0.25) is 9.69 Å². The number of rotatable bonds is 8. The lowest BCUT2D eigenvalue weighted by Gasteiger charge is -2.19. The Morgan fingerprint density at radius 1 is 1.23 bits per heavy atom. The zero-order valence-corrected chi connectivity index (χ0v) is 17.6. The maximum Gasteiger partial charge on any atom is 0.321 e. The quantitative estimate of drug-likeness (QED) is 0.580. The number of aryl methyl sites for hydroxylation is 1. The second-order valence-electron chi connectivity index (χ2n) is 7.24. The number of aromatic nitrogens is 1. The van der Waals surface area contributed by atoms with Gasteiger partial charge in [0.2, 0.25) is 5.89 Å². The first-order valence-corrected chi connectivity index (χ1v) is 11.0. The number of carboxylic acids is 1. The third kappa shape index (κ3) is 4.86. The van der Waals surface area contributed by atoms with Crippen molar-refractivity contribution in [1.29, 1.82) is 0 Å². The van der Waals surface area contributed by atoms with Crippen molar-refractivity contribution in [3.05, 3.63) is 71.6 Å². The van der Waals surface area contributed by atoms with Crippen LogP contribution in [0.3, 0.4) is 0 Å². The van der Waals surface area contributed by atoms with Gasteiger partial charge in [0.05, 0.1) is 0 Å². The Morgan fingerprint density at radius 2 is 2.00 bits per heavy atom. The van der Waals surface area contributed by atoms with Gasteiger partial charge in [0.15, 0.2) is 0 Å². The number of hydrogen-bond donors (Lipinski definition) is 1. The zero-order valence-electron chi connectivity index (χ0n) is 16.8. The highest BCUT2D eigenvalue weighted by atomic mass is 32.2. The van der Waals surface area contributed by atoms with Gasteiger partial charge in [-0.15, -0.1) is 11.8 Å². The summed E-state index contributed by atoms with van der Waals surface area (Å²) >= 11 is 1.67. The molecule has 0 amide bonds. The van der Waals surface area contributed by atoms with Crippen molar-refractivity contribution < 1.29 is 19.1 Å². The van der Waals surface area contributed by atoms with Crippen molar-refractivity contribution >= 4 is 17.7 Å². The summed E-state index contributed by atoms with van der Waals surface area (Å²) in [4.78, 5) is 17.9. The molecule has 1 aromatic heterocycles. The SMILES string of the molecule is Cc1oc(-c2ccccc2)nc1COc1ccc(CCN2CSC[C@H]2C(=O)O)cc1. The fourth-order valence-corrected chi connectivity index (χ4v) is 4.59. The monoisotopic (exact) mass is 424 g/mol. The van der Waals surface area contributed by atoms with Crippen LogP contribution in [-0.2, 0) is 17.8 Å². The van der Waals surface area contributed by atoms with Gasteiger partial charge in [0.1, 0.15) is 29.9 Å². The van der Waals surface area contributed by atoms with E-state index in [1.165, 1.54) is 0 Å². The molecule has 1 atom stereocenters. The lowest BCUT2D eigenvalue weighted by molar-refractivity contribution is -0.141. The maximum atomic E-state index is 11.3. The minimum Gasteiger partial charge on any atom is -0.487 e. The molecule has 30 heavy (non-hydrogen) atoms. The average molecular weight is 425 g/mol. The molecular formula is C23H24N2O4S. The molecule has 4 rings (SSSR count). The van der Waals surface area contributed by atoms with E-state index in [1.807, 2.05) is 66.4 Å². The molecule has 6 nitrogen and oxygen atoms in total. The van der Waals surface area contributed by atoms with E-state index in [0.29, 0.717) is 18.3 Å². The summed E-state index contributed by atoms with van der Waals surface area (Å²) in [5.74, 6) is 2.82. The van der Waals surface area contributed by atoms with Gasteiger partial charge in [0, 0.05) is 23.7 Å². The van der Waals surface area contributed by atoms with E-state index in [-0.39, 0.29) is 6.04 Å². The third-order valence-corrected chi connectivity index (χ3v) is 6.22. The molecule has 1 aliphatic heterocycles. The van der Waals surface area contributed by atoms with E-state index in [9.17, 15) is 9.90 Å². The number of nitrogens with zero attached hydrogens (tertiary/aromatic N) is 2. The molecule has 0 spiro atoms. The Labute approximate surface area is 179 Å². The number of carboxylic acid groups (broad SMARTS) is 1. The summed E-state index contributed by atoms with van der Waals surface area (Å²) in [6, 6.07) is 17.4. The van der Waals surface area contributed by atoms with E-state index in [2.05, 4.69) is 4.98 Å². The van der Waals surface area contributed by atoms with Crippen LogP contribution in [0.15, 0.2) is 59.0 Å². The molecule has 7 heteroatoms. The predicted molar refractivity (Wildman–Crippen MR) is 117 cm³/mol. The highest BCUT2D eigenvalue weighted by Gasteiger charge is 2.30. The summed E-state index contributed by atoms with van der Waals surface area (Å²) in [5, 5.41) is 9.27. The molecule has 0 saturated carbocycles. The second kappa shape index (κ2) is 9.36. The van der Waals surface area contributed by atoms with Crippen molar-refractivity contribution in [3.8, 4) is 17.2 Å². The Hall–Kier alpha value is -2.77. The number of ether oxygens (including phenoxy) is 1. The molecule has 1 saturated heterocycles. The third-order valence-electron chi connectivity index (χ3n) is 5.16. The van der Waals surface area contributed by atoms with Crippen molar-refractivity contribution in [2.45, 2.75) is 26.0 Å². The van der Waals surface area contributed by atoms with E-state index < -0.39 is 5.97 Å². The van der Waals surface area contributed by atoms with E-state index in [0.717, 1.165) is 47.2 Å². The summed E-state index contributed by atoms with van der Waals surface area (Å²) in [6.07, 6.45) is 0.813. The smallest absolute Gasteiger partial charge is 0.321 e. The van der Waals surface area contributed by atoms with Crippen molar-refractivity contribution in [2.24, 2.45) is 0 Å². The van der Waals surface area contributed by atoms with Crippen LogP contribution in [0.2, 0.25) is 0 Å². The van der Waals surface area contributed by atoms with Crippen LogP contribution < -0.4 is 4.74 Å². The van der Waals surface area contributed by atoms with Crippen LogP contribution in [-0.4, -0.2) is 45.2 Å². The van der Waals surface area contributed by atoms with Crippen LogP contribution in [0.1, 0.15) is 17.0 Å². The molecule has 1 N–H and O–H groups in total. The van der Waals surface area contributed by atoms with Crippen LogP contribution in [0.25, 0.3) is 11.5 Å². The molecule has 2 heterocycles. The minimum atomic E-state index is -0.734. The highest BCUT2D eigenvalue weighted by Crippen LogP contribution is 2.24. The van der Waals surface area contributed by atoms with Crippen LogP contribution in [0.5, 0.6) is 5.75 Å². The Balaban J connectivity index is 1.31. The topological polar surface area (TPSA) is 75.8 Å². The number of oxazole rings is 1. The van der Waals surface area contributed by atoms with Crippen LogP contribution >= 0.6 is 11.8 Å². The summed E-state index contributed by atoms with van der Waals surface area (Å²) in [7, 11) is 0. The van der Waals surface area contributed by atoms with Gasteiger partial charge in [0.25, 0.3) is 0 Å². The largest absolute Gasteiger partial charge is 0.487 e. The minimum absolute atomic E-state index is 0.340. The normalized spacial score (nSPS) is 16.6. The first kappa shape index (κ1) is 20.5. The van der Waals surface area contributed by atoms with Crippen molar-refractivity contribution in [1.82, 2.24) is 9.88 Å². The van der Waals surface area contributed by atoms with Gasteiger partial charge >= 0.3 is 5.97 Å². The molecule has 3 aromatic rings. The molecule has 0 bridgehead atoms. The number of thioether (sulfide) groups is 1. The fraction of sp³-hybridized carbons (Fsp3) is 0.304. The standard InChI is InChI=1S/C23H24N2O4S/c1-16-20(24-22(29-16)18-5-3-2-4-6-18)13-28-19-9-7-17(8-10-19)11-12-25-15-30-14-21(25)23(26)27/h2-10,21H,11-15H2,1H3,(H,26,27)/t21-/m0/s1. The van der Waals surface area contributed by atoms with Crippen LogP contribution in [0.4, 0.5) is 0 Å². The Bertz CT molecular complexity index is 988. The fourth-order valence-electron chi connectivity index (χ4n) is 3.37. The Kier molecular flexibility index (Phi) is 6.40. The van der Waals surface area contributed by atoms with E-state index in [1.54, 1.807) is 11.8 Å². The average Bonchev–Trinajstić information content (AvgIpc) is 3.39. The predicted octanol–water partition coefficient (Wildman–Crippen LogP) is 4.23. The van der Waals surface area contributed by atoms with Gasteiger partial charge in [-0.25, -0.2) is 4.98 Å². The molecule has 0 unspecified atom stereocenters. The molecule has 2 aromatic carbocycles. The first-order chi connectivity index (χ1) is 14.6. The summed E-state index contributed by atoms with van der Waals surface area (Å²) in [5.41, 5.74) is 2.88. The van der Waals surface area contributed by atoms with Crippen LogP contribution in [0, 0.1) is 6.92 Å². The van der Waals surface area contributed by atoms with Crippen molar-refractivity contribution in [3.63, 3.8) is 0 Å². The molecule has 156 valence electrons. The van der Waals surface area contributed by atoms with Gasteiger partial charge in [-0.1, -0.05) is 30.3 Å². The van der Waals surface area contributed by atoms with E-state index >= 15 is 0 Å². The van der Waals surface area contributed by atoms with E-state index in [4.69, 9.17) is 9.15 Å². The lowest BCUT2D eigenvalue weighted by Crippen LogP contribution is -2.38. The number of aliphatic carboxylic acids is 1. The lowest BCUT2D eigenvalue weighted by atomic mass is 10.1. The van der Waals surface area contributed by atoms with Gasteiger partial charge in [-0.2, -0.15) is 0 Å². The zero-order chi connectivity index (χ0) is 20.9. The number of carbonyl (C=O) groups is 1. The van der Waals surface area contributed by atoms with Crippen molar-refractivity contribution in [2.75, 3.05) is 18.2 Å².